The number of ether oxygens (including phenoxy) is 2. The highest BCUT2D eigenvalue weighted by Crippen LogP contribution is 2.44. The van der Waals surface area contributed by atoms with Crippen molar-refractivity contribution in [2.24, 2.45) is 10.9 Å². The lowest BCUT2D eigenvalue weighted by molar-refractivity contribution is -0.151. The molecule has 28 heavy (non-hydrogen) atoms. The summed E-state index contributed by atoms with van der Waals surface area (Å²) in [5, 5.41) is 0. The van der Waals surface area contributed by atoms with Crippen LogP contribution in [0.3, 0.4) is 0 Å². The molecule has 0 radical (unpaired) electrons. The Morgan fingerprint density at radius 1 is 1.14 bits per heavy atom. The van der Waals surface area contributed by atoms with Crippen LogP contribution in [0, 0.1) is 5.92 Å². The quantitative estimate of drug-likeness (QED) is 0.727. The molecule has 1 aliphatic heterocycles. The lowest BCUT2D eigenvalue weighted by Crippen LogP contribution is -2.38. The van der Waals surface area contributed by atoms with Crippen molar-refractivity contribution < 1.29 is 19.1 Å². The van der Waals surface area contributed by atoms with E-state index in [0.29, 0.717) is 17.7 Å². The minimum atomic E-state index is -0.562. The Hall–Kier alpha value is -2.43. The second-order valence-electron chi connectivity index (χ2n) is 7.97. The second kappa shape index (κ2) is 7.90. The summed E-state index contributed by atoms with van der Waals surface area (Å²) in [6.07, 6.45) is 6.14. The Kier molecular flexibility index (Phi) is 5.33. The van der Waals surface area contributed by atoms with Crippen LogP contribution in [-0.4, -0.2) is 30.7 Å². The molecule has 5 nitrogen and oxygen atoms in total. The summed E-state index contributed by atoms with van der Waals surface area (Å²) < 4.78 is 11.3. The molecule has 1 heterocycles. The zero-order valence-electron chi connectivity index (χ0n) is 16.6. The molecule has 1 aromatic carbocycles. The van der Waals surface area contributed by atoms with Gasteiger partial charge in [-0.3, -0.25) is 14.6 Å². The highest BCUT2D eigenvalue weighted by molar-refractivity contribution is 6.08. The summed E-state index contributed by atoms with van der Waals surface area (Å²) in [4.78, 5) is 30.8. The van der Waals surface area contributed by atoms with Crippen molar-refractivity contribution in [3.8, 4) is 5.75 Å². The van der Waals surface area contributed by atoms with Crippen LogP contribution >= 0.6 is 0 Å². The molecule has 2 atom stereocenters. The molecule has 4 rings (SSSR count). The monoisotopic (exact) mass is 381 g/mol. The van der Waals surface area contributed by atoms with Gasteiger partial charge in [0.05, 0.1) is 7.11 Å². The lowest BCUT2D eigenvalue weighted by atomic mass is 9.71. The Balaban J connectivity index is 1.76. The third-order valence-corrected chi connectivity index (χ3v) is 6.13. The molecule has 1 fully saturated rings. The maximum Gasteiger partial charge on any atom is 0.315 e. The van der Waals surface area contributed by atoms with Gasteiger partial charge in [-0.15, -0.1) is 0 Å². The van der Waals surface area contributed by atoms with Crippen LogP contribution in [0.5, 0.6) is 5.75 Å². The number of ketones is 1. The van der Waals surface area contributed by atoms with Crippen LogP contribution < -0.4 is 4.74 Å². The molecule has 2 aliphatic carbocycles. The van der Waals surface area contributed by atoms with E-state index < -0.39 is 5.92 Å². The maximum absolute atomic E-state index is 13.2. The summed E-state index contributed by atoms with van der Waals surface area (Å²) in [5.74, 6) is -0.362. The lowest BCUT2D eigenvalue weighted by Gasteiger charge is -2.35. The number of hydrogen-bond acceptors (Lipinski definition) is 5. The highest BCUT2D eigenvalue weighted by Gasteiger charge is 2.43. The fourth-order valence-electron chi connectivity index (χ4n) is 4.75. The van der Waals surface area contributed by atoms with Gasteiger partial charge < -0.3 is 9.47 Å². The Morgan fingerprint density at radius 3 is 2.68 bits per heavy atom. The first kappa shape index (κ1) is 18.9. The van der Waals surface area contributed by atoms with E-state index in [9.17, 15) is 9.59 Å². The number of benzene rings is 1. The molecule has 1 saturated carbocycles. The third kappa shape index (κ3) is 3.50. The molecular weight excluding hydrogens is 354 g/mol. The van der Waals surface area contributed by atoms with E-state index in [-0.39, 0.29) is 23.8 Å². The van der Waals surface area contributed by atoms with Gasteiger partial charge >= 0.3 is 5.97 Å². The van der Waals surface area contributed by atoms with E-state index >= 15 is 0 Å². The number of allylic oxidation sites excluding steroid dienone is 2. The topological polar surface area (TPSA) is 65.0 Å². The minimum Gasteiger partial charge on any atom is -0.497 e. The SMILES string of the molecule is COc1cccc([C@@H]2C3=C(CCCC3=O)N=C(C)C2C(=O)OC2CCCC2)c1. The van der Waals surface area contributed by atoms with Gasteiger partial charge in [0.1, 0.15) is 17.8 Å². The van der Waals surface area contributed by atoms with E-state index in [4.69, 9.17) is 14.5 Å². The molecule has 0 spiro atoms. The molecule has 3 aliphatic rings. The molecule has 0 amide bonds. The Bertz CT molecular complexity index is 848. The normalized spacial score (nSPS) is 25.4. The van der Waals surface area contributed by atoms with Gasteiger partial charge in [-0.25, -0.2) is 0 Å². The minimum absolute atomic E-state index is 0.0105. The van der Waals surface area contributed by atoms with Gasteiger partial charge in [-0.2, -0.15) is 0 Å². The molecule has 5 heteroatoms. The number of carbonyl (C=O) groups excluding carboxylic acids is 2. The number of esters is 1. The first-order valence-electron chi connectivity index (χ1n) is 10.2. The first-order chi connectivity index (χ1) is 13.6. The van der Waals surface area contributed by atoms with Gasteiger partial charge in [0.2, 0.25) is 0 Å². The summed E-state index contributed by atoms with van der Waals surface area (Å²) in [6, 6.07) is 7.67. The van der Waals surface area contributed by atoms with Crippen LogP contribution in [0.15, 0.2) is 40.5 Å². The van der Waals surface area contributed by atoms with Gasteiger partial charge in [0.15, 0.2) is 5.78 Å². The zero-order valence-corrected chi connectivity index (χ0v) is 16.6. The van der Waals surface area contributed by atoms with Gasteiger partial charge in [0.25, 0.3) is 0 Å². The molecule has 148 valence electrons. The van der Waals surface area contributed by atoms with Crippen molar-refractivity contribution in [1.29, 1.82) is 0 Å². The zero-order chi connectivity index (χ0) is 19.7. The van der Waals surface area contributed by atoms with Gasteiger partial charge in [-0.1, -0.05) is 12.1 Å². The smallest absolute Gasteiger partial charge is 0.315 e. The van der Waals surface area contributed by atoms with E-state index in [1.165, 1.54) is 0 Å². The molecule has 0 saturated heterocycles. The summed E-state index contributed by atoms with van der Waals surface area (Å²) >= 11 is 0. The number of nitrogens with zero attached hydrogens (tertiary/aromatic N) is 1. The van der Waals surface area contributed by atoms with E-state index in [2.05, 4.69) is 0 Å². The highest BCUT2D eigenvalue weighted by atomic mass is 16.5. The van der Waals surface area contributed by atoms with Crippen LogP contribution in [0.2, 0.25) is 0 Å². The van der Waals surface area contributed by atoms with Crippen LogP contribution in [0.1, 0.15) is 63.4 Å². The number of rotatable bonds is 4. The maximum atomic E-state index is 13.2. The molecule has 0 N–H and O–H groups in total. The third-order valence-electron chi connectivity index (χ3n) is 6.13. The molecule has 0 bridgehead atoms. The fraction of sp³-hybridized carbons (Fsp3) is 0.522. The van der Waals surface area contributed by atoms with Crippen molar-refractivity contribution in [2.45, 2.75) is 63.9 Å². The number of methoxy groups -OCH3 is 1. The Morgan fingerprint density at radius 2 is 1.93 bits per heavy atom. The largest absolute Gasteiger partial charge is 0.497 e. The van der Waals surface area contributed by atoms with E-state index in [1.54, 1.807) is 7.11 Å². The average Bonchev–Trinajstić information content (AvgIpc) is 3.20. The summed E-state index contributed by atoms with van der Waals surface area (Å²) in [5.41, 5.74) is 3.18. The number of carbonyl (C=O) groups is 2. The first-order valence-corrected chi connectivity index (χ1v) is 10.2. The second-order valence-corrected chi connectivity index (χ2v) is 7.97. The van der Waals surface area contributed by atoms with E-state index in [0.717, 1.165) is 55.5 Å². The molecular formula is C23H27NO4. The van der Waals surface area contributed by atoms with Crippen molar-refractivity contribution in [1.82, 2.24) is 0 Å². The van der Waals surface area contributed by atoms with Crippen molar-refractivity contribution >= 4 is 17.5 Å². The van der Waals surface area contributed by atoms with Crippen molar-refractivity contribution in [3.63, 3.8) is 0 Å². The van der Waals surface area contributed by atoms with Crippen molar-refractivity contribution in [2.75, 3.05) is 7.11 Å². The average molecular weight is 381 g/mol. The Labute approximate surface area is 165 Å². The van der Waals surface area contributed by atoms with Crippen molar-refractivity contribution in [3.05, 3.63) is 41.1 Å². The van der Waals surface area contributed by atoms with Crippen LogP contribution in [0.25, 0.3) is 0 Å². The number of aliphatic imine (C=N–C) groups is 1. The van der Waals surface area contributed by atoms with Gasteiger partial charge in [0, 0.05) is 29.3 Å². The van der Waals surface area contributed by atoms with E-state index in [1.807, 2.05) is 31.2 Å². The van der Waals surface area contributed by atoms with Crippen LogP contribution in [0.4, 0.5) is 0 Å². The fourth-order valence-corrected chi connectivity index (χ4v) is 4.75. The van der Waals surface area contributed by atoms with Crippen LogP contribution in [-0.2, 0) is 14.3 Å². The standard InChI is InChI=1S/C23H27NO4/c1-14-20(23(26)28-16-8-3-4-9-16)21(15-7-5-10-17(13-15)27-2)22-18(24-14)11-6-12-19(22)25/h5,7,10,13,16,20-21H,3-4,6,8-9,11-12H2,1-2H3/t20?,21-/m0/s1. The summed E-state index contributed by atoms with van der Waals surface area (Å²) in [6.45, 7) is 1.89. The van der Waals surface area contributed by atoms with Gasteiger partial charge in [-0.05, 0) is 63.1 Å². The molecule has 1 unspecified atom stereocenters. The molecule has 1 aromatic rings. The predicted molar refractivity (Wildman–Crippen MR) is 107 cm³/mol. The summed E-state index contributed by atoms with van der Waals surface area (Å²) in [7, 11) is 1.62. The predicted octanol–water partition coefficient (Wildman–Crippen LogP) is 4.36. The number of hydrogen-bond donors (Lipinski definition) is 0. The number of Topliss-reactive ketones (excluding diaryl/α,β-unsaturated/α-hetero) is 1. The molecule has 0 aromatic heterocycles.